The molecule has 0 spiro atoms. The van der Waals surface area contributed by atoms with Crippen LogP contribution in [0.4, 0.5) is 5.82 Å². The van der Waals surface area contributed by atoms with Gasteiger partial charge in [0, 0.05) is 25.0 Å². The molecule has 13 heteroatoms. The second-order valence-corrected chi connectivity index (χ2v) is 11.5. The largest absolute Gasteiger partial charge is 0.390 e. The van der Waals surface area contributed by atoms with Crippen molar-refractivity contribution < 1.29 is 30.0 Å². The summed E-state index contributed by atoms with van der Waals surface area (Å²) < 4.78 is 7.54. The first-order chi connectivity index (χ1) is 21.2. The second-order valence-electron chi connectivity index (χ2n) is 11.5. The van der Waals surface area contributed by atoms with Crippen LogP contribution in [0.3, 0.4) is 0 Å². The van der Waals surface area contributed by atoms with Crippen molar-refractivity contribution in [3.05, 3.63) is 84.4 Å². The number of carbonyl (C=O) groups is 1. The number of amides is 1. The summed E-state index contributed by atoms with van der Waals surface area (Å²) in [6.45, 7) is 0.838. The summed E-state index contributed by atoms with van der Waals surface area (Å²) in [6, 6.07) is 19.9. The van der Waals surface area contributed by atoms with E-state index in [0.29, 0.717) is 23.5 Å². The van der Waals surface area contributed by atoms with Gasteiger partial charge in [0.2, 0.25) is 5.91 Å². The number of benzene rings is 2. The van der Waals surface area contributed by atoms with Crippen molar-refractivity contribution in [2.24, 2.45) is 5.73 Å². The molecule has 3 heterocycles. The number of fused-ring (bicyclic) bond motifs is 1. The van der Waals surface area contributed by atoms with Crippen LogP contribution in [-0.2, 0) is 16.1 Å². The number of imidazole rings is 1. The SMILES string of the molecule is NC(=O)[C@H]1O[C@H](CCn2cnc3c(NCC(c4ccccc4)c4ccccc4)ncnc32)[C@@](O)(NC2CC(O)C(O)C2)[C@H]1O. The van der Waals surface area contributed by atoms with E-state index in [1.807, 2.05) is 36.4 Å². The fourth-order valence-corrected chi connectivity index (χ4v) is 6.33. The highest BCUT2D eigenvalue weighted by Crippen LogP contribution is 2.35. The zero-order valence-corrected chi connectivity index (χ0v) is 24.0. The topological polar surface area (TPSA) is 201 Å². The van der Waals surface area contributed by atoms with Crippen molar-refractivity contribution in [1.29, 1.82) is 0 Å². The number of hydrogen-bond acceptors (Lipinski definition) is 11. The van der Waals surface area contributed by atoms with E-state index in [0.717, 1.165) is 11.1 Å². The van der Waals surface area contributed by atoms with Gasteiger partial charge in [-0.1, -0.05) is 60.7 Å². The van der Waals surface area contributed by atoms with Crippen molar-refractivity contribution >= 4 is 22.9 Å². The molecular weight excluding hydrogens is 566 g/mol. The quantitative estimate of drug-likeness (QED) is 0.116. The number of ether oxygens (including phenoxy) is 1. The predicted octanol–water partition coefficient (Wildman–Crippen LogP) is 0.236. The number of rotatable bonds is 11. The average Bonchev–Trinajstić information content (AvgIpc) is 3.66. The number of aliphatic hydroxyl groups is 4. The highest BCUT2D eigenvalue weighted by Gasteiger charge is 2.58. The van der Waals surface area contributed by atoms with Crippen molar-refractivity contribution in [2.75, 3.05) is 11.9 Å². The molecule has 1 saturated carbocycles. The molecule has 2 aromatic carbocycles. The van der Waals surface area contributed by atoms with E-state index in [2.05, 4.69) is 49.9 Å². The number of nitrogens with two attached hydrogens (primary N) is 1. The molecule has 2 fully saturated rings. The zero-order valence-electron chi connectivity index (χ0n) is 24.0. The van der Waals surface area contributed by atoms with Crippen LogP contribution < -0.4 is 16.4 Å². The lowest BCUT2D eigenvalue weighted by atomic mass is 9.91. The van der Waals surface area contributed by atoms with Gasteiger partial charge in [0.05, 0.1) is 18.5 Å². The third-order valence-electron chi connectivity index (χ3n) is 8.66. The van der Waals surface area contributed by atoms with E-state index in [1.54, 1.807) is 10.9 Å². The maximum Gasteiger partial charge on any atom is 0.249 e. The molecule has 1 aliphatic heterocycles. The number of hydrogen-bond donors (Lipinski definition) is 7. The lowest BCUT2D eigenvalue weighted by Crippen LogP contribution is -2.62. The molecule has 13 nitrogen and oxygen atoms in total. The third kappa shape index (κ3) is 5.89. The average molecular weight is 604 g/mol. The number of nitrogens with zero attached hydrogens (tertiary/aromatic N) is 4. The van der Waals surface area contributed by atoms with Gasteiger partial charge in [0.1, 0.15) is 24.1 Å². The first kappa shape index (κ1) is 30.1. The Balaban J connectivity index is 1.19. The van der Waals surface area contributed by atoms with Crippen LogP contribution in [0, 0.1) is 0 Å². The highest BCUT2D eigenvalue weighted by atomic mass is 16.6. The molecule has 44 heavy (non-hydrogen) atoms. The zero-order chi connectivity index (χ0) is 30.8. The molecule has 1 saturated heterocycles. The van der Waals surface area contributed by atoms with Crippen LogP contribution in [0.15, 0.2) is 73.3 Å². The lowest BCUT2D eigenvalue weighted by Gasteiger charge is -2.35. The van der Waals surface area contributed by atoms with E-state index in [1.165, 1.54) is 6.33 Å². The first-order valence-corrected chi connectivity index (χ1v) is 14.7. The summed E-state index contributed by atoms with van der Waals surface area (Å²) in [5, 5.41) is 48.7. The molecule has 232 valence electrons. The number of carbonyl (C=O) groups excluding carboxylic acids is 1. The molecule has 4 aromatic rings. The number of primary amides is 1. The molecule has 2 unspecified atom stereocenters. The van der Waals surface area contributed by atoms with Gasteiger partial charge in [0.25, 0.3) is 0 Å². The van der Waals surface area contributed by atoms with E-state index < -0.39 is 48.2 Å². The van der Waals surface area contributed by atoms with Crippen LogP contribution in [-0.4, -0.2) is 94.7 Å². The molecule has 1 aliphatic carbocycles. The number of aromatic nitrogens is 4. The number of anilines is 1. The Hall–Kier alpha value is -3.98. The number of aryl methyl sites for hydroxylation is 1. The van der Waals surface area contributed by atoms with E-state index in [9.17, 15) is 25.2 Å². The molecule has 6 rings (SSSR count). The van der Waals surface area contributed by atoms with E-state index >= 15 is 0 Å². The molecule has 2 aliphatic rings. The third-order valence-corrected chi connectivity index (χ3v) is 8.66. The van der Waals surface area contributed by atoms with E-state index in [-0.39, 0.29) is 31.7 Å². The second kappa shape index (κ2) is 12.6. The van der Waals surface area contributed by atoms with Gasteiger partial charge < -0.3 is 40.8 Å². The Labute approximate surface area is 253 Å². The lowest BCUT2D eigenvalue weighted by molar-refractivity contribution is -0.132. The van der Waals surface area contributed by atoms with Gasteiger partial charge in [-0.2, -0.15) is 0 Å². The number of nitrogens with one attached hydrogen (secondary N) is 2. The van der Waals surface area contributed by atoms with Gasteiger partial charge in [-0.3, -0.25) is 10.1 Å². The highest BCUT2D eigenvalue weighted by molar-refractivity contribution is 5.82. The maximum absolute atomic E-state index is 12.0. The van der Waals surface area contributed by atoms with E-state index in [4.69, 9.17) is 10.5 Å². The van der Waals surface area contributed by atoms with Crippen LogP contribution in [0.5, 0.6) is 0 Å². The Morgan fingerprint density at radius 3 is 2.25 bits per heavy atom. The molecule has 0 bridgehead atoms. The fraction of sp³-hybridized carbons (Fsp3) is 0.419. The normalized spacial score (nSPS) is 28.6. The van der Waals surface area contributed by atoms with Crippen molar-refractivity contribution in [2.45, 2.75) is 74.0 Å². The molecule has 6 atom stereocenters. The summed E-state index contributed by atoms with van der Waals surface area (Å²) in [5.41, 5.74) is 6.86. The van der Waals surface area contributed by atoms with Gasteiger partial charge in [-0.05, 0) is 30.4 Å². The van der Waals surface area contributed by atoms with Gasteiger partial charge in [-0.15, -0.1) is 0 Å². The summed E-state index contributed by atoms with van der Waals surface area (Å²) >= 11 is 0. The summed E-state index contributed by atoms with van der Waals surface area (Å²) in [6.07, 6.45) is -2.50. The van der Waals surface area contributed by atoms with Crippen LogP contribution in [0.25, 0.3) is 11.2 Å². The molecule has 1 amide bonds. The van der Waals surface area contributed by atoms with Crippen molar-refractivity contribution in [3.8, 4) is 0 Å². The fourth-order valence-electron chi connectivity index (χ4n) is 6.33. The molecule has 2 aromatic heterocycles. The van der Waals surface area contributed by atoms with Gasteiger partial charge >= 0.3 is 0 Å². The Bertz CT molecular complexity index is 1520. The Morgan fingerprint density at radius 2 is 1.64 bits per heavy atom. The molecular formula is C31H37N7O6. The van der Waals surface area contributed by atoms with Crippen molar-refractivity contribution in [1.82, 2.24) is 24.8 Å². The summed E-state index contributed by atoms with van der Waals surface area (Å²) in [7, 11) is 0. The Kier molecular flexibility index (Phi) is 8.58. The number of aliphatic hydroxyl groups excluding tert-OH is 3. The predicted molar refractivity (Wildman–Crippen MR) is 160 cm³/mol. The molecule has 0 radical (unpaired) electrons. The van der Waals surface area contributed by atoms with Crippen molar-refractivity contribution in [3.63, 3.8) is 0 Å². The monoisotopic (exact) mass is 603 g/mol. The standard InChI is InChI=1S/C31H37N7O6/c32-28(42)26-27(41)31(43,37-20-13-22(39)23(40)14-20)24(44-26)11-12-38-17-36-25-29(34-16-35-30(25)38)33-15-21(18-7-3-1-4-8-18)19-9-5-2-6-10-19/h1-10,16-17,20-24,26-27,37,39-41,43H,11-15H2,(H2,32,42)(H,33,34,35)/t20?,22?,23?,24-,26+,27+,31+/m1/s1. The molecule has 8 N–H and O–H groups in total. The summed E-state index contributed by atoms with van der Waals surface area (Å²) in [4.78, 5) is 25.4. The van der Waals surface area contributed by atoms with Crippen LogP contribution in [0.1, 0.15) is 36.3 Å². The van der Waals surface area contributed by atoms with Gasteiger partial charge in [0.15, 0.2) is 23.3 Å². The summed E-state index contributed by atoms with van der Waals surface area (Å²) in [5.74, 6) is -0.267. The minimum atomic E-state index is -2.05. The minimum Gasteiger partial charge on any atom is -0.390 e. The van der Waals surface area contributed by atoms with Gasteiger partial charge in [-0.25, -0.2) is 15.0 Å². The Morgan fingerprint density at radius 1 is 1.00 bits per heavy atom. The minimum absolute atomic E-state index is 0.0703. The smallest absolute Gasteiger partial charge is 0.249 e. The van der Waals surface area contributed by atoms with Crippen LogP contribution in [0.2, 0.25) is 0 Å². The maximum atomic E-state index is 12.0. The van der Waals surface area contributed by atoms with Crippen LogP contribution >= 0.6 is 0 Å². The first-order valence-electron chi connectivity index (χ1n) is 14.7.